The predicted octanol–water partition coefficient (Wildman–Crippen LogP) is -0.314. The molecule has 1 fully saturated rings. The number of hydrogen-bond acceptors (Lipinski definition) is 4. The van der Waals surface area contributed by atoms with Gasteiger partial charge in [-0.2, -0.15) is 0 Å². The van der Waals surface area contributed by atoms with E-state index < -0.39 is 12.4 Å². The van der Waals surface area contributed by atoms with Gasteiger partial charge in [0.25, 0.3) is 0 Å². The number of aliphatic hydroxyl groups excluding tert-OH is 2. The van der Waals surface area contributed by atoms with Crippen molar-refractivity contribution in [3.8, 4) is 0 Å². The zero-order valence-corrected chi connectivity index (χ0v) is 7.90. The summed E-state index contributed by atoms with van der Waals surface area (Å²) < 4.78 is 5.04. The van der Waals surface area contributed by atoms with Gasteiger partial charge in [0.05, 0.1) is 12.2 Å². The highest BCUT2D eigenvalue weighted by Crippen LogP contribution is 2.23. The Bertz CT molecular complexity index is 119. The molecule has 4 N–H and O–H groups in total. The first-order valence-corrected chi connectivity index (χ1v) is 4.20. The standard InChI is InChI=1S/C7H14O3.CH5N/c1-4(2)7-5(8)3-6(9)10-7;1-2/h4-9H,3H2,1-2H3;2H2,1H3. The summed E-state index contributed by atoms with van der Waals surface area (Å²) in [7, 11) is 1.50. The van der Waals surface area contributed by atoms with Crippen LogP contribution in [0.3, 0.4) is 0 Å². The maximum atomic E-state index is 9.24. The lowest BCUT2D eigenvalue weighted by molar-refractivity contribution is -0.108. The summed E-state index contributed by atoms with van der Waals surface area (Å²) in [5, 5.41) is 18.2. The molecule has 74 valence electrons. The smallest absolute Gasteiger partial charge is 0.157 e. The van der Waals surface area contributed by atoms with E-state index in [9.17, 15) is 5.11 Å². The van der Waals surface area contributed by atoms with Crippen molar-refractivity contribution in [2.45, 2.75) is 38.8 Å². The van der Waals surface area contributed by atoms with Crippen molar-refractivity contribution in [2.75, 3.05) is 7.05 Å². The highest BCUT2D eigenvalue weighted by atomic mass is 16.6. The Labute approximate surface area is 73.3 Å². The van der Waals surface area contributed by atoms with Crippen molar-refractivity contribution in [3.05, 3.63) is 0 Å². The Balaban J connectivity index is 0.000000561. The minimum absolute atomic E-state index is 0.185. The predicted molar refractivity (Wildman–Crippen MR) is 46.5 cm³/mol. The van der Waals surface area contributed by atoms with Gasteiger partial charge in [0.2, 0.25) is 0 Å². The highest BCUT2D eigenvalue weighted by Gasteiger charge is 2.34. The minimum Gasteiger partial charge on any atom is -0.390 e. The van der Waals surface area contributed by atoms with Crippen LogP contribution < -0.4 is 5.73 Å². The summed E-state index contributed by atoms with van der Waals surface area (Å²) in [4.78, 5) is 0. The summed E-state index contributed by atoms with van der Waals surface area (Å²) in [6.45, 7) is 3.93. The fraction of sp³-hybridized carbons (Fsp3) is 1.00. The van der Waals surface area contributed by atoms with Crippen molar-refractivity contribution in [1.29, 1.82) is 0 Å². The zero-order valence-electron chi connectivity index (χ0n) is 7.90. The Morgan fingerprint density at radius 3 is 2.00 bits per heavy atom. The number of hydrogen-bond donors (Lipinski definition) is 3. The van der Waals surface area contributed by atoms with E-state index in [1.165, 1.54) is 7.05 Å². The van der Waals surface area contributed by atoms with Crippen molar-refractivity contribution in [3.63, 3.8) is 0 Å². The number of ether oxygens (including phenoxy) is 1. The molecule has 4 nitrogen and oxygen atoms in total. The van der Waals surface area contributed by atoms with Crippen LogP contribution in [0.5, 0.6) is 0 Å². The molecular weight excluding hydrogens is 158 g/mol. The molecule has 0 aliphatic carbocycles. The van der Waals surface area contributed by atoms with Crippen LogP contribution >= 0.6 is 0 Å². The van der Waals surface area contributed by atoms with E-state index in [1.54, 1.807) is 0 Å². The van der Waals surface area contributed by atoms with Crippen molar-refractivity contribution < 1.29 is 14.9 Å². The van der Waals surface area contributed by atoms with Crippen LogP contribution in [-0.2, 0) is 4.74 Å². The van der Waals surface area contributed by atoms with Crippen LogP contribution in [0.4, 0.5) is 0 Å². The maximum Gasteiger partial charge on any atom is 0.157 e. The van der Waals surface area contributed by atoms with E-state index in [4.69, 9.17) is 9.84 Å². The Morgan fingerprint density at radius 1 is 1.33 bits per heavy atom. The SMILES string of the molecule is CC(C)C1OC(O)CC1O.CN. The summed E-state index contributed by atoms with van der Waals surface area (Å²) in [5.41, 5.74) is 4.50. The van der Waals surface area contributed by atoms with E-state index in [0.717, 1.165) is 0 Å². The van der Waals surface area contributed by atoms with Crippen molar-refractivity contribution in [1.82, 2.24) is 0 Å². The first-order valence-electron chi connectivity index (χ1n) is 4.20. The van der Waals surface area contributed by atoms with Gasteiger partial charge in [0, 0.05) is 6.42 Å². The average Bonchev–Trinajstić information content (AvgIpc) is 2.34. The topological polar surface area (TPSA) is 75.7 Å². The molecular formula is C8H19NO3. The van der Waals surface area contributed by atoms with E-state index >= 15 is 0 Å². The van der Waals surface area contributed by atoms with Gasteiger partial charge >= 0.3 is 0 Å². The minimum atomic E-state index is -0.762. The van der Waals surface area contributed by atoms with Gasteiger partial charge in [-0.1, -0.05) is 13.8 Å². The second-order valence-corrected chi connectivity index (χ2v) is 3.10. The third-order valence-electron chi connectivity index (χ3n) is 1.79. The second-order valence-electron chi connectivity index (χ2n) is 3.10. The third kappa shape index (κ3) is 3.06. The molecule has 1 aliphatic heterocycles. The van der Waals surface area contributed by atoms with Gasteiger partial charge in [0.15, 0.2) is 6.29 Å². The third-order valence-corrected chi connectivity index (χ3v) is 1.79. The number of aliphatic hydroxyl groups is 2. The number of rotatable bonds is 1. The van der Waals surface area contributed by atoms with Crippen LogP contribution in [0.25, 0.3) is 0 Å². The van der Waals surface area contributed by atoms with Crippen LogP contribution in [0.15, 0.2) is 0 Å². The molecule has 0 aromatic rings. The molecule has 4 heteroatoms. The first kappa shape index (κ1) is 11.8. The Kier molecular flexibility index (Phi) is 5.41. The van der Waals surface area contributed by atoms with Gasteiger partial charge in [-0.3, -0.25) is 0 Å². The summed E-state index contributed by atoms with van der Waals surface area (Å²) >= 11 is 0. The molecule has 1 rings (SSSR count). The highest BCUT2D eigenvalue weighted by molar-refractivity contribution is 4.79. The van der Waals surface area contributed by atoms with Crippen LogP contribution in [0.2, 0.25) is 0 Å². The van der Waals surface area contributed by atoms with Crippen LogP contribution in [0.1, 0.15) is 20.3 Å². The Morgan fingerprint density at radius 2 is 1.83 bits per heavy atom. The zero-order chi connectivity index (χ0) is 9.72. The quantitative estimate of drug-likeness (QED) is 0.513. The molecule has 12 heavy (non-hydrogen) atoms. The van der Waals surface area contributed by atoms with E-state index in [1.807, 2.05) is 13.8 Å². The lowest BCUT2D eigenvalue weighted by Gasteiger charge is -2.16. The fourth-order valence-corrected chi connectivity index (χ4v) is 1.27. The van der Waals surface area contributed by atoms with E-state index in [-0.39, 0.29) is 12.0 Å². The van der Waals surface area contributed by atoms with Gasteiger partial charge in [-0.25, -0.2) is 0 Å². The summed E-state index contributed by atoms with van der Waals surface area (Å²) in [5.74, 6) is 0.271. The lowest BCUT2D eigenvalue weighted by atomic mass is 10.0. The number of nitrogens with two attached hydrogens (primary N) is 1. The molecule has 0 aromatic carbocycles. The molecule has 0 bridgehead atoms. The first-order chi connectivity index (χ1) is 5.61. The second kappa shape index (κ2) is 5.48. The van der Waals surface area contributed by atoms with Gasteiger partial charge in [0.1, 0.15) is 0 Å². The molecule has 0 saturated carbocycles. The fourth-order valence-electron chi connectivity index (χ4n) is 1.27. The molecule has 0 aromatic heterocycles. The molecule has 3 unspecified atom stereocenters. The van der Waals surface area contributed by atoms with Crippen molar-refractivity contribution in [2.24, 2.45) is 11.7 Å². The Hall–Kier alpha value is -0.160. The van der Waals surface area contributed by atoms with Crippen LogP contribution in [-0.4, -0.2) is 35.8 Å². The molecule has 0 spiro atoms. The lowest BCUT2D eigenvalue weighted by Crippen LogP contribution is -2.26. The van der Waals surface area contributed by atoms with E-state index in [2.05, 4.69) is 5.73 Å². The summed E-state index contributed by atoms with van der Waals surface area (Å²) in [6.07, 6.45) is -1.09. The molecule has 1 heterocycles. The van der Waals surface area contributed by atoms with Crippen molar-refractivity contribution >= 4 is 0 Å². The maximum absolute atomic E-state index is 9.24. The van der Waals surface area contributed by atoms with Gasteiger partial charge in [-0.15, -0.1) is 0 Å². The van der Waals surface area contributed by atoms with E-state index in [0.29, 0.717) is 6.42 Å². The summed E-state index contributed by atoms with van der Waals surface area (Å²) in [6, 6.07) is 0. The molecule has 0 amide bonds. The molecule has 0 radical (unpaired) electrons. The average molecular weight is 177 g/mol. The van der Waals surface area contributed by atoms with Crippen LogP contribution in [0, 0.1) is 5.92 Å². The van der Waals surface area contributed by atoms with Gasteiger partial charge in [-0.05, 0) is 13.0 Å². The molecule has 1 aliphatic rings. The van der Waals surface area contributed by atoms with Gasteiger partial charge < -0.3 is 20.7 Å². The molecule has 1 saturated heterocycles. The normalized spacial score (nSPS) is 34.8. The largest absolute Gasteiger partial charge is 0.390 e. The molecule has 3 atom stereocenters. The monoisotopic (exact) mass is 177 g/mol.